The minimum absolute atomic E-state index is 0.150. The van der Waals surface area contributed by atoms with E-state index in [4.69, 9.17) is 9.47 Å². The number of carbonyl (C=O) groups is 1. The normalized spacial score (nSPS) is 11.7. The van der Waals surface area contributed by atoms with Crippen LogP contribution in [-0.2, 0) is 4.79 Å². The molecule has 4 nitrogen and oxygen atoms in total. The molecule has 1 amide bonds. The summed E-state index contributed by atoms with van der Waals surface area (Å²) >= 11 is 0. The Morgan fingerprint density at radius 1 is 1.00 bits per heavy atom. The Morgan fingerprint density at radius 3 is 2.32 bits per heavy atom. The predicted molar refractivity (Wildman–Crippen MR) is 100 cm³/mol. The van der Waals surface area contributed by atoms with E-state index in [1.165, 1.54) is 5.56 Å². The molecule has 25 heavy (non-hydrogen) atoms. The van der Waals surface area contributed by atoms with Gasteiger partial charge in [-0.3, -0.25) is 4.79 Å². The highest BCUT2D eigenvalue weighted by Crippen LogP contribution is 2.19. The molecule has 0 aliphatic heterocycles. The molecule has 4 heteroatoms. The summed E-state index contributed by atoms with van der Waals surface area (Å²) in [6.45, 7) is 10.7. The van der Waals surface area contributed by atoms with E-state index in [-0.39, 0.29) is 5.91 Å². The standard InChI is InChI=1S/C21H27NO3/c1-14-6-7-20(17(4)11-14)24-9-8-22-21(23)18(5)25-19-12-15(2)10-16(3)13-19/h6-7,10-13,18H,8-9H2,1-5H3,(H,22,23)/t18-/m0/s1. The smallest absolute Gasteiger partial charge is 0.260 e. The minimum atomic E-state index is -0.553. The first kappa shape index (κ1) is 18.8. The second kappa shape index (κ2) is 8.56. The second-order valence-electron chi connectivity index (χ2n) is 6.49. The van der Waals surface area contributed by atoms with Crippen molar-refractivity contribution < 1.29 is 14.3 Å². The Bertz CT molecular complexity index is 720. The van der Waals surface area contributed by atoms with Crippen molar-refractivity contribution in [2.45, 2.75) is 40.7 Å². The lowest BCUT2D eigenvalue weighted by Crippen LogP contribution is -2.38. The van der Waals surface area contributed by atoms with Crippen LogP contribution in [0, 0.1) is 27.7 Å². The summed E-state index contributed by atoms with van der Waals surface area (Å²) in [6.07, 6.45) is -0.553. The Kier molecular flexibility index (Phi) is 6.45. The van der Waals surface area contributed by atoms with Crippen LogP contribution in [0.2, 0.25) is 0 Å². The largest absolute Gasteiger partial charge is 0.491 e. The van der Waals surface area contributed by atoms with Crippen LogP contribution in [0.3, 0.4) is 0 Å². The van der Waals surface area contributed by atoms with Gasteiger partial charge in [0, 0.05) is 0 Å². The van der Waals surface area contributed by atoms with E-state index in [9.17, 15) is 4.79 Å². The van der Waals surface area contributed by atoms with Crippen LogP contribution in [0.15, 0.2) is 36.4 Å². The molecule has 134 valence electrons. The quantitative estimate of drug-likeness (QED) is 0.778. The first-order chi connectivity index (χ1) is 11.8. The molecular formula is C21H27NO3. The molecule has 0 fully saturated rings. The average Bonchev–Trinajstić information content (AvgIpc) is 2.51. The summed E-state index contributed by atoms with van der Waals surface area (Å²) in [5, 5.41) is 2.84. The number of carbonyl (C=O) groups excluding carboxylic acids is 1. The number of benzene rings is 2. The molecule has 0 spiro atoms. The van der Waals surface area contributed by atoms with Gasteiger partial charge in [0.1, 0.15) is 18.1 Å². The Hall–Kier alpha value is -2.49. The van der Waals surface area contributed by atoms with Crippen molar-refractivity contribution in [3.05, 3.63) is 58.7 Å². The molecule has 0 unspecified atom stereocenters. The van der Waals surface area contributed by atoms with Crippen LogP contribution in [0.1, 0.15) is 29.2 Å². The number of hydrogen-bond donors (Lipinski definition) is 1. The Morgan fingerprint density at radius 2 is 1.68 bits per heavy atom. The minimum Gasteiger partial charge on any atom is -0.491 e. The van der Waals surface area contributed by atoms with E-state index < -0.39 is 6.10 Å². The van der Waals surface area contributed by atoms with Gasteiger partial charge in [-0.15, -0.1) is 0 Å². The lowest BCUT2D eigenvalue weighted by molar-refractivity contribution is -0.127. The SMILES string of the molecule is Cc1cc(C)cc(O[C@@H](C)C(=O)NCCOc2ccc(C)cc2C)c1. The highest BCUT2D eigenvalue weighted by Gasteiger charge is 2.14. The number of hydrogen-bond acceptors (Lipinski definition) is 3. The van der Waals surface area contributed by atoms with Gasteiger partial charge in [-0.2, -0.15) is 0 Å². The van der Waals surface area contributed by atoms with E-state index in [0.717, 1.165) is 22.4 Å². The highest BCUT2D eigenvalue weighted by atomic mass is 16.5. The zero-order valence-corrected chi connectivity index (χ0v) is 15.7. The molecule has 0 aliphatic rings. The van der Waals surface area contributed by atoms with Crippen molar-refractivity contribution in [1.29, 1.82) is 0 Å². The van der Waals surface area contributed by atoms with Crippen molar-refractivity contribution in [1.82, 2.24) is 5.32 Å². The Balaban J connectivity index is 1.77. The van der Waals surface area contributed by atoms with Crippen LogP contribution in [-0.4, -0.2) is 25.2 Å². The van der Waals surface area contributed by atoms with Gasteiger partial charge in [0.2, 0.25) is 0 Å². The van der Waals surface area contributed by atoms with Gasteiger partial charge in [-0.25, -0.2) is 0 Å². The number of amides is 1. The fraction of sp³-hybridized carbons (Fsp3) is 0.381. The predicted octanol–water partition coefficient (Wildman–Crippen LogP) is 3.88. The molecule has 0 saturated carbocycles. The van der Waals surface area contributed by atoms with Crippen molar-refractivity contribution in [3.8, 4) is 11.5 Å². The molecule has 0 aromatic heterocycles. The summed E-state index contributed by atoms with van der Waals surface area (Å²) < 4.78 is 11.4. The number of nitrogens with one attached hydrogen (secondary N) is 1. The van der Waals surface area contributed by atoms with E-state index in [1.54, 1.807) is 6.92 Å². The van der Waals surface area contributed by atoms with Crippen molar-refractivity contribution in [2.24, 2.45) is 0 Å². The summed E-state index contributed by atoms with van der Waals surface area (Å²) in [4.78, 5) is 12.1. The summed E-state index contributed by atoms with van der Waals surface area (Å²) in [5.41, 5.74) is 4.53. The van der Waals surface area contributed by atoms with Crippen LogP contribution < -0.4 is 14.8 Å². The molecule has 2 aromatic rings. The summed E-state index contributed by atoms with van der Waals surface area (Å²) in [6, 6.07) is 12.0. The highest BCUT2D eigenvalue weighted by molar-refractivity contribution is 5.80. The third-order valence-corrected chi connectivity index (χ3v) is 3.87. The van der Waals surface area contributed by atoms with Gasteiger partial charge in [0.25, 0.3) is 5.91 Å². The first-order valence-corrected chi connectivity index (χ1v) is 8.58. The zero-order valence-electron chi connectivity index (χ0n) is 15.7. The van der Waals surface area contributed by atoms with Gasteiger partial charge >= 0.3 is 0 Å². The maximum absolute atomic E-state index is 12.1. The molecule has 0 aliphatic carbocycles. The lowest BCUT2D eigenvalue weighted by Gasteiger charge is -2.16. The molecule has 2 rings (SSSR count). The van der Waals surface area contributed by atoms with Gasteiger partial charge in [-0.05, 0) is 69.5 Å². The van der Waals surface area contributed by atoms with Crippen LogP contribution >= 0.6 is 0 Å². The maximum Gasteiger partial charge on any atom is 0.260 e. The van der Waals surface area contributed by atoms with E-state index in [0.29, 0.717) is 18.9 Å². The zero-order chi connectivity index (χ0) is 18.4. The molecule has 1 N–H and O–H groups in total. The van der Waals surface area contributed by atoms with Gasteiger partial charge < -0.3 is 14.8 Å². The van der Waals surface area contributed by atoms with Gasteiger partial charge in [-0.1, -0.05) is 23.8 Å². The first-order valence-electron chi connectivity index (χ1n) is 8.58. The molecule has 2 aromatic carbocycles. The molecule has 0 saturated heterocycles. The van der Waals surface area contributed by atoms with Gasteiger partial charge in [0.15, 0.2) is 6.10 Å². The maximum atomic E-state index is 12.1. The second-order valence-corrected chi connectivity index (χ2v) is 6.49. The molecule has 0 radical (unpaired) electrons. The van der Waals surface area contributed by atoms with E-state index in [2.05, 4.69) is 17.4 Å². The number of rotatable bonds is 7. The van der Waals surface area contributed by atoms with E-state index >= 15 is 0 Å². The monoisotopic (exact) mass is 341 g/mol. The van der Waals surface area contributed by atoms with Crippen molar-refractivity contribution in [2.75, 3.05) is 13.2 Å². The third-order valence-electron chi connectivity index (χ3n) is 3.87. The summed E-state index contributed by atoms with van der Waals surface area (Å²) in [5.74, 6) is 1.41. The number of ether oxygens (including phenoxy) is 2. The van der Waals surface area contributed by atoms with Crippen LogP contribution in [0.5, 0.6) is 11.5 Å². The topological polar surface area (TPSA) is 47.6 Å². The lowest BCUT2D eigenvalue weighted by atomic mass is 10.1. The molecule has 0 bridgehead atoms. The fourth-order valence-corrected chi connectivity index (χ4v) is 2.70. The third kappa shape index (κ3) is 5.82. The molecule has 0 heterocycles. The number of aryl methyl sites for hydroxylation is 4. The molecular weight excluding hydrogens is 314 g/mol. The van der Waals surface area contributed by atoms with Crippen molar-refractivity contribution >= 4 is 5.91 Å². The Labute approximate surface area is 150 Å². The van der Waals surface area contributed by atoms with Crippen LogP contribution in [0.4, 0.5) is 0 Å². The fourth-order valence-electron chi connectivity index (χ4n) is 2.70. The van der Waals surface area contributed by atoms with Gasteiger partial charge in [0.05, 0.1) is 6.54 Å². The summed E-state index contributed by atoms with van der Waals surface area (Å²) in [7, 11) is 0. The average molecular weight is 341 g/mol. The van der Waals surface area contributed by atoms with Crippen molar-refractivity contribution in [3.63, 3.8) is 0 Å². The van der Waals surface area contributed by atoms with Crippen LogP contribution in [0.25, 0.3) is 0 Å². The van der Waals surface area contributed by atoms with E-state index in [1.807, 2.05) is 52.0 Å². The molecule has 1 atom stereocenters.